The number of carbonyl (C=O) groups excluding carboxylic acids is 1. The van der Waals surface area contributed by atoms with E-state index in [0.717, 1.165) is 31.6 Å². The molecule has 1 atom stereocenters. The molecule has 1 aliphatic rings. The summed E-state index contributed by atoms with van der Waals surface area (Å²) in [7, 11) is 0. The Kier molecular flexibility index (Phi) is 6.28. The first-order chi connectivity index (χ1) is 8.67. The fourth-order valence-corrected chi connectivity index (χ4v) is 2.23. The second kappa shape index (κ2) is 7.48. The van der Waals surface area contributed by atoms with Gasteiger partial charge in [0.15, 0.2) is 0 Å². The summed E-state index contributed by atoms with van der Waals surface area (Å²) >= 11 is 0. The molecule has 0 spiro atoms. The predicted octanol–water partition coefficient (Wildman–Crippen LogP) is 1.64. The van der Waals surface area contributed by atoms with Crippen LogP contribution in [0.25, 0.3) is 0 Å². The molecule has 106 valence electrons. The molecule has 1 aromatic rings. The number of hydrogen-bond donors (Lipinski definition) is 2. The van der Waals surface area contributed by atoms with Crippen LogP contribution in [0.4, 0.5) is 5.69 Å². The third-order valence-electron chi connectivity index (χ3n) is 3.32. The number of rotatable bonds is 4. The highest BCUT2D eigenvalue weighted by molar-refractivity contribution is 5.92. The number of carbonyl (C=O) groups is 1. The molecule has 5 heteroatoms. The topological polar surface area (TPSA) is 58.4 Å². The van der Waals surface area contributed by atoms with Gasteiger partial charge in [0.05, 0.1) is 6.54 Å². The molecule has 0 saturated carbocycles. The second-order valence-electron chi connectivity index (χ2n) is 4.88. The molecule has 0 bridgehead atoms. The van der Waals surface area contributed by atoms with Crippen molar-refractivity contribution in [2.45, 2.75) is 25.8 Å². The van der Waals surface area contributed by atoms with Crippen LogP contribution in [0.1, 0.15) is 18.9 Å². The van der Waals surface area contributed by atoms with Crippen molar-refractivity contribution in [1.82, 2.24) is 4.90 Å². The van der Waals surface area contributed by atoms with E-state index in [9.17, 15) is 4.79 Å². The van der Waals surface area contributed by atoms with E-state index in [1.165, 1.54) is 5.56 Å². The zero-order chi connectivity index (χ0) is 13.0. The van der Waals surface area contributed by atoms with Crippen LogP contribution in [0.5, 0.6) is 0 Å². The van der Waals surface area contributed by atoms with Crippen LogP contribution in [0.3, 0.4) is 0 Å². The molecule has 1 fully saturated rings. The summed E-state index contributed by atoms with van der Waals surface area (Å²) in [6.45, 7) is 4.29. The van der Waals surface area contributed by atoms with Gasteiger partial charge >= 0.3 is 0 Å². The van der Waals surface area contributed by atoms with E-state index in [0.29, 0.717) is 6.54 Å². The molecule has 0 aliphatic carbocycles. The lowest BCUT2D eigenvalue weighted by Crippen LogP contribution is -2.33. The van der Waals surface area contributed by atoms with Gasteiger partial charge in [-0.05, 0) is 30.5 Å². The van der Waals surface area contributed by atoms with Gasteiger partial charge in [-0.2, -0.15) is 0 Å². The molecular formula is C14H22ClN3O. The van der Waals surface area contributed by atoms with Crippen LogP contribution < -0.4 is 11.1 Å². The summed E-state index contributed by atoms with van der Waals surface area (Å²) in [5.41, 5.74) is 7.95. The number of benzene rings is 1. The van der Waals surface area contributed by atoms with Crippen LogP contribution in [0, 0.1) is 0 Å². The minimum atomic E-state index is 0. The average Bonchev–Trinajstić information content (AvgIpc) is 2.75. The van der Waals surface area contributed by atoms with E-state index in [1.807, 2.05) is 24.3 Å². The molecule has 1 saturated heterocycles. The van der Waals surface area contributed by atoms with Crippen LogP contribution in [0.2, 0.25) is 0 Å². The smallest absolute Gasteiger partial charge is 0.238 e. The van der Waals surface area contributed by atoms with E-state index >= 15 is 0 Å². The lowest BCUT2D eigenvalue weighted by atomic mass is 10.1. The molecule has 2 rings (SSSR count). The van der Waals surface area contributed by atoms with E-state index in [-0.39, 0.29) is 24.4 Å². The highest BCUT2D eigenvalue weighted by Gasteiger charge is 2.20. The second-order valence-corrected chi connectivity index (χ2v) is 4.88. The Morgan fingerprint density at radius 2 is 2.11 bits per heavy atom. The van der Waals surface area contributed by atoms with Gasteiger partial charge in [0.2, 0.25) is 5.91 Å². The maximum atomic E-state index is 11.8. The molecule has 1 aromatic carbocycles. The summed E-state index contributed by atoms with van der Waals surface area (Å²) in [5, 5.41) is 2.91. The summed E-state index contributed by atoms with van der Waals surface area (Å²) in [6.07, 6.45) is 2.00. The van der Waals surface area contributed by atoms with Gasteiger partial charge < -0.3 is 11.1 Å². The van der Waals surface area contributed by atoms with Gasteiger partial charge in [0.25, 0.3) is 0 Å². The van der Waals surface area contributed by atoms with Crippen molar-refractivity contribution in [2.75, 3.05) is 25.0 Å². The van der Waals surface area contributed by atoms with Crippen molar-refractivity contribution in [3.05, 3.63) is 29.8 Å². The van der Waals surface area contributed by atoms with Gasteiger partial charge in [-0.3, -0.25) is 9.69 Å². The minimum Gasteiger partial charge on any atom is -0.326 e. The summed E-state index contributed by atoms with van der Waals surface area (Å²) in [5.74, 6) is 0.0355. The largest absolute Gasteiger partial charge is 0.326 e. The Morgan fingerprint density at radius 3 is 2.63 bits per heavy atom. The molecule has 1 heterocycles. The van der Waals surface area contributed by atoms with Crippen LogP contribution in [-0.2, 0) is 11.2 Å². The predicted molar refractivity (Wildman–Crippen MR) is 80.7 cm³/mol. The van der Waals surface area contributed by atoms with Crippen LogP contribution >= 0.6 is 12.4 Å². The van der Waals surface area contributed by atoms with E-state index < -0.39 is 0 Å². The van der Waals surface area contributed by atoms with Gasteiger partial charge in [0.1, 0.15) is 0 Å². The third kappa shape index (κ3) is 4.82. The van der Waals surface area contributed by atoms with Crippen molar-refractivity contribution in [3.63, 3.8) is 0 Å². The summed E-state index contributed by atoms with van der Waals surface area (Å²) in [4.78, 5) is 13.9. The molecule has 0 unspecified atom stereocenters. The van der Waals surface area contributed by atoms with Crippen LogP contribution in [-0.4, -0.2) is 36.5 Å². The highest BCUT2D eigenvalue weighted by atomic mass is 35.5. The monoisotopic (exact) mass is 283 g/mol. The van der Waals surface area contributed by atoms with Crippen molar-refractivity contribution in [1.29, 1.82) is 0 Å². The molecule has 19 heavy (non-hydrogen) atoms. The van der Waals surface area contributed by atoms with Crippen molar-refractivity contribution < 1.29 is 4.79 Å². The number of aryl methyl sites for hydroxylation is 1. The number of nitrogens with two attached hydrogens (primary N) is 1. The van der Waals surface area contributed by atoms with E-state index in [1.54, 1.807) is 0 Å². The molecular weight excluding hydrogens is 262 g/mol. The quantitative estimate of drug-likeness (QED) is 0.883. The first kappa shape index (κ1) is 16.0. The first-order valence-electron chi connectivity index (χ1n) is 6.54. The molecule has 0 aromatic heterocycles. The standard InChI is InChI=1S/C14H21N3O.ClH/c1-2-11-3-5-13(6-4-11)16-14(18)10-17-8-7-12(15)9-17;/h3-6,12H,2,7-10,15H2,1H3,(H,16,18);1H/t12-;/m0./s1. The number of amides is 1. The Balaban J connectivity index is 0.00000180. The zero-order valence-corrected chi connectivity index (χ0v) is 12.1. The Bertz CT molecular complexity index is 408. The van der Waals surface area contributed by atoms with Gasteiger partial charge in [-0.25, -0.2) is 0 Å². The number of nitrogens with zero attached hydrogens (tertiary/aromatic N) is 1. The Hall–Kier alpha value is -1.10. The minimum absolute atomic E-state index is 0. The molecule has 3 N–H and O–H groups in total. The van der Waals surface area contributed by atoms with Crippen LogP contribution in [0.15, 0.2) is 24.3 Å². The SMILES string of the molecule is CCc1ccc(NC(=O)CN2CC[C@H](N)C2)cc1.Cl. The molecule has 4 nitrogen and oxygen atoms in total. The van der Waals surface area contributed by atoms with Gasteiger partial charge in [0, 0.05) is 24.8 Å². The maximum absolute atomic E-state index is 11.8. The van der Waals surface area contributed by atoms with Crippen molar-refractivity contribution in [2.24, 2.45) is 5.73 Å². The van der Waals surface area contributed by atoms with E-state index in [2.05, 4.69) is 17.1 Å². The Labute approximate surface area is 120 Å². The lowest BCUT2D eigenvalue weighted by molar-refractivity contribution is -0.117. The van der Waals surface area contributed by atoms with Crippen molar-refractivity contribution >= 4 is 24.0 Å². The first-order valence-corrected chi connectivity index (χ1v) is 6.54. The normalized spacial score (nSPS) is 18.9. The molecule has 1 aliphatic heterocycles. The number of hydrogen-bond acceptors (Lipinski definition) is 3. The lowest BCUT2D eigenvalue weighted by Gasteiger charge is -2.14. The fraction of sp³-hybridized carbons (Fsp3) is 0.500. The molecule has 0 radical (unpaired) electrons. The number of halogens is 1. The summed E-state index contributed by atoms with van der Waals surface area (Å²) < 4.78 is 0. The molecule has 1 amide bonds. The zero-order valence-electron chi connectivity index (χ0n) is 11.3. The third-order valence-corrected chi connectivity index (χ3v) is 3.32. The van der Waals surface area contributed by atoms with Gasteiger partial charge in [-0.15, -0.1) is 12.4 Å². The van der Waals surface area contributed by atoms with Gasteiger partial charge in [-0.1, -0.05) is 19.1 Å². The number of likely N-dealkylation sites (tertiary alicyclic amines) is 1. The van der Waals surface area contributed by atoms with E-state index in [4.69, 9.17) is 5.73 Å². The highest BCUT2D eigenvalue weighted by Crippen LogP contribution is 2.11. The average molecular weight is 284 g/mol. The summed E-state index contributed by atoms with van der Waals surface area (Å²) in [6, 6.07) is 8.21. The maximum Gasteiger partial charge on any atom is 0.238 e. The number of nitrogens with one attached hydrogen (secondary N) is 1. The fourth-order valence-electron chi connectivity index (χ4n) is 2.23. The van der Waals surface area contributed by atoms with Crippen molar-refractivity contribution in [3.8, 4) is 0 Å². The number of anilines is 1. The Morgan fingerprint density at radius 1 is 1.42 bits per heavy atom.